The molecule has 0 saturated heterocycles. The van der Waals surface area contributed by atoms with E-state index in [1.54, 1.807) is 0 Å². The molecule has 0 radical (unpaired) electrons. The quantitative estimate of drug-likeness (QED) is 0.521. The number of ether oxygens (including phenoxy) is 1. The molecule has 0 aliphatic carbocycles. The first-order valence-electron chi connectivity index (χ1n) is 4.49. The predicted octanol–water partition coefficient (Wildman–Crippen LogP) is 2.52. The number of pyridine rings is 1. The summed E-state index contributed by atoms with van der Waals surface area (Å²) in [5.41, 5.74) is -4.41. The largest absolute Gasteiger partial charge is 0.574 e. The van der Waals surface area contributed by atoms with Gasteiger partial charge in [0.2, 0.25) is 5.88 Å². The molecule has 0 aliphatic rings. The van der Waals surface area contributed by atoms with Crippen LogP contribution in [0.3, 0.4) is 0 Å². The highest BCUT2D eigenvalue weighted by molar-refractivity contribution is 5.91. The number of carboxylic acid groups (broad SMARTS) is 1. The van der Waals surface area contributed by atoms with Crippen LogP contribution in [0.5, 0.6) is 5.88 Å². The van der Waals surface area contributed by atoms with Crippen LogP contribution in [0.4, 0.5) is 27.6 Å². The van der Waals surface area contributed by atoms with E-state index in [1.165, 1.54) is 0 Å². The lowest BCUT2D eigenvalue weighted by atomic mass is 10.2. The van der Waals surface area contributed by atoms with E-state index in [0.717, 1.165) is 0 Å². The standard InChI is InChI=1S/C8H3F5N2O5/c9-5(10)4-3(15(18)19)1-2(7(16)17)6(14-4)20-8(11,12)13/h1,5H,(H,16,17). The fourth-order valence-corrected chi connectivity index (χ4v) is 1.15. The molecule has 1 heterocycles. The van der Waals surface area contributed by atoms with Crippen molar-refractivity contribution in [1.82, 2.24) is 4.98 Å². The second-order valence-corrected chi connectivity index (χ2v) is 3.16. The van der Waals surface area contributed by atoms with Gasteiger partial charge in [-0.2, -0.15) is 0 Å². The third-order valence-corrected chi connectivity index (χ3v) is 1.84. The maximum atomic E-state index is 12.5. The summed E-state index contributed by atoms with van der Waals surface area (Å²) in [4.78, 5) is 22.3. The number of halogens is 5. The van der Waals surface area contributed by atoms with Gasteiger partial charge in [-0.15, -0.1) is 13.2 Å². The Hall–Kier alpha value is -2.53. The van der Waals surface area contributed by atoms with Crippen molar-refractivity contribution in [2.75, 3.05) is 0 Å². The van der Waals surface area contributed by atoms with Crippen molar-refractivity contribution in [3.63, 3.8) is 0 Å². The van der Waals surface area contributed by atoms with Crippen LogP contribution in [0.15, 0.2) is 6.07 Å². The smallest absolute Gasteiger partial charge is 0.477 e. The van der Waals surface area contributed by atoms with Crippen LogP contribution < -0.4 is 4.74 Å². The molecule has 1 aromatic heterocycles. The Morgan fingerprint density at radius 3 is 2.35 bits per heavy atom. The van der Waals surface area contributed by atoms with E-state index in [0.29, 0.717) is 0 Å². The molecular weight excluding hydrogens is 299 g/mol. The molecule has 0 fully saturated rings. The number of carboxylic acids is 1. The van der Waals surface area contributed by atoms with E-state index in [4.69, 9.17) is 5.11 Å². The Kier molecular flexibility index (Phi) is 4.06. The Labute approximate surface area is 105 Å². The van der Waals surface area contributed by atoms with E-state index in [1.807, 2.05) is 0 Å². The number of alkyl halides is 5. The van der Waals surface area contributed by atoms with Gasteiger partial charge in [-0.3, -0.25) is 10.1 Å². The summed E-state index contributed by atoms with van der Waals surface area (Å²) in [6.07, 6.45) is -8.99. The highest BCUT2D eigenvalue weighted by atomic mass is 19.4. The van der Waals surface area contributed by atoms with Crippen LogP contribution in [-0.4, -0.2) is 27.3 Å². The van der Waals surface area contributed by atoms with Crippen LogP contribution in [-0.2, 0) is 0 Å². The lowest BCUT2D eigenvalue weighted by Gasteiger charge is -2.11. The zero-order valence-corrected chi connectivity index (χ0v) is 9.02. The molecule has 0 aromatic carbocycles. The Morgan fingerprint density at radius 2 is 2.00 bits per heavy atom. The molecule has 0 amide bonds. The van der Waals surface area contributed by atoms with Gasteiger partial charge >= 0.3 is 12.3 Å². The van der Waals surface area contributed by atoms with Crippen LogP contribution in [0, 0.1) is 10.1 Å². The normalized spacial score (nSPS) is 11.5. The summed E-state index contributed by atoms with van der Waals surface area (Å²) in [5, 5.41) is 19.1. The topological polar surface area (TPSA) is 103 Å². The zero-order valence-electron chi connectivity index (χ0n) is 9.02. The number of hydrogen-bond acceptors (Lipinski definition) is 5. The molecule has 1 aromatic rings. The highest BCUT2D eigenvalue weighted by Gasteiger charge is 2.37. The molecular formula is C8H3F5N2O5. The van der Waals surface area contributed by atoms with Crippen molar-refractivity contribution in [1.29, 1.82) is 0 Å². The molecule has 1 rings (SSSR count). The number of carbonyl (C=O) groups is 1. The van der Waals surface area contributed by atoms with Crippen molar-refractivity contribution in [3.8, 4) is 5.88 Å². The average Bonchev–Trinajstić information content (AvgIpc) is 2.25. The molecule has 0 saturated carbocycles. The number of rotatable bonds is 4. The van der Waals surface area contributed by atoms with Crippen molar-refractivity contribution in [2.24, 2.45) is 0 Å². The predicted molar refractivity (Wildman–Crippen MR) is 49.5 cm³/mol. The molecule has 12 heteroatoms. The number of nitrogens with zero attached hydrogens (tertiary/aromatic N) is 2. The molecule has 0 unspecified atom stereocenters. The van der Waals surface area contributed by atoms with Gasteiger partial charge in [0.25, 0.3) is 12.1 Å². The Balaban J connectivity index is 3.53. The summed E-state index contributed by atoms with van der Waals surface area (Å²) >= 11 is 0. The lowest BCUT2D eigenvalue weighted by molar-refractivity contribution is -0.386. The molecule has 7 nitrogen and oxygen atoms in total. The molecule has 0 atom stereocenters. The molecule has 20 heavy (non-hydrogen) atoms. The van der Waals surface area contributed by atoms with Gasteiger partial charge in [-0.25, -0.2) is 18.6 Å². The average molecular weight is 302 g/mol. The van der Waals surface area contributed by atoms with Crippen molar-refractivity contribution in [2.45, 2.75) is 12.8 Å². The van der Waals surface area contributed by atoms with E-state index in [2.05, 4.69) is 9.72 Å². The molecule has 1 N–H and O–H groups in total. The minimum atomic E-state index is -5.40. The second kappa shape index (κ2) is 5.22. The highest BCUT2D eigenvalue weighted by Crippen LogP contribution is 2.33. The van der Waals surface area contributed by atoms with Gasteiger partial charge in [0, 0.05) is 6.07 Å². The number of aromatic nitrogens is 1. The summed E-state index contributed by atoms with van der Waals surface area (Å²) < 4.78 is 64.1. The van der Waals surface area contributed by atoms with Crippen molar-refractivity contribution >= 4 is 11.7 Å². The van der Waals surface area contributed by atoms with Crippen LogP contribution in [0.2, 0.25) is 0 Å². The monoisotopic (exact) mass is 302 g/mol. The molecule has 0 bridgehead atoms. The molecule has 0 aliphatic heterocycles. The first-order chi connectivity index (χ1) is 9.03. The first-order valence-corrected chi connectivity index (χ1v) is 4.49. The maximum absolute atomic E-state index is 12.5. The Morgan fingerprint density at radius 1 is 1.45 bits per heavy atom. The molecule has 110 valence electrons. The fourth-order valence-electron chi connectivity index (χ4n) is 1.15. The van der Waals surface area contributed by atoms with Crippen molar-refractivity contribution in [3.05, 3.63) is 27.4 Å². The Bertz CT molecular complexity index is 559. The van der Waals surface area contributed by atoms with Crippen molar-refractivity contribution < 1.29 is 41.5 Å². The summed E-state index contributed by atoms with van der Waals surface area (Å²) in [5.74, 6) is -3.76. The van der Waals surface area contributed by atoms with Gasteiger partial charge in [0.15, 0.2) is 5.69 Å². The van der Waals surface area contributed by atoms with Gasteiger partial charge in [-0.05, 0) is 0 Å². The third kappa shape index (κ3) is 3.49. The van der Waals surface area contributed by atoms with Gasteiger partial charge < -0.3 is 9.84 Å². The second-order valence-electron chi connectivity index (χ2n) is 3.16. The minimum absolute atomic E-state index is 0.0257. The van der Waals surface area contributed by atoms with E-state index >= 15 is 0 Å². The summed E-state index contributed by atoms with van der Waals surface area (Å²) in [6.45, 7) is 0. The van der Waals surface area contributed by atoms with Crippen LogP contribution in [0.25, 0.3) is 0 Å². The fraction of sp³-hybridized carbons (Fsp3) is 0.250. The van der Waals surface area contributed by atoms with E-state index in [9.17, 15) is 36.9 Å². The number of hydrogen-bond donors (Lipinski definition) is 1. The van der Waals surface area contributed by atoms with Crippen LogP contribution in [0.1, 0.15) is 22.5 Å². The minimum Gasteiger partial charge on any atom is -0.477 e. The lowest BCUT2D eigenvalue weighted by Crippen LogP contribution is -2.21. The summed E-state index contributed by atoms with van der Waals surface area (Å²) in [7, 11) is 0. The SMILES string of the molecule is O=C(O)c1cc([N+](=O)[O-])c(C(F)F)nc1OC(F)(F)F. The van der Waals surface area contributed by atoms with Gasteiger partial charge in [0.05, 0.1) is 4.92 Å². The maximum Gasteiger partial charge on any atom is 0.574 e. The van der Waals surface area contributed by atoms with Gasteiger partial charge in [0.1, 0.15) is 5.56 Å². The van der Waals surface area contributed by atoms with E-state index in [-0.39, 0.29) is 6.07 Å². The first kappa shape index (κ1) is 15.5. The van der Waals surface area contributed by atoms with Gasteiger partial charge in [-0.1, -0.05) is 0 Å². The van der Waals surface area contributed by atoms with Crippen LogP contribution >= 0.6 is 0 Å². The number of aromatic carboxylic acids is 1. The van der Waals surface area contributed by atoms with E-state index < -0.39 is 46.5 Å². The molecule has 0 spiro atoms. The third-order valence-electron chi connectivity index (χ3n) is 1.84. The number of nitro groups is 1. The zero-order chi connectivity index (χ0) is 15.7. The summed E-state index contributed by atoms with van der Waals surface area (Å²) in [6, 6.07) is 0.0257.